The Hall–Kier alpha value is -1.78. The molecule has 19 heavy (non-hydrogen) atoms. The van der Waals surface area contributed by atoms with E-state index in [2.05, 4.69) is 27.4 Å². The molecule has 0 aliphatic carbocycles. The number of aromatic nitrogens is 1. The minimum atomic E-state index is -0.205. The van der Waals surface area contributed by atoms with E-state index in [4.69, 9.17) is 0 Å². The number of nitrogens with zero attached hydrogens (tertiary/aromatic N) is 2. The van der Waals surface area contributed by atoms with Crippen molar-refractivity contribution in [2.75, 3.05) is 23.8 Å². The fourth-order valence-electron chi connectivity index (χ4n) is 1.63. The van der Waals surface area contributed by atoms with Crippen molar-refractivity contribution < 1.29 is 4.79 Å². The third-order valence-electron chi connectivity index (χ3n) is 2.66. The summed E-state index contributed by atoms with van der Waals surface area (Å²) in [5, 5.41) is 5.52. The topological polar surface area (TPSA) is 57.3 Å². The number of urea groups is 1. The normalized spacial score (nSPS) is 10.4. The van der Waals surface area contributed by atoms with Crippen molar-refractivity contribution in [1.29, 1.82) is 0 Å². The van der Waals surface area contributed by atoms with Gasteiger partial charge in [-0.1, -0.05) is 13.3 Å². The monoisotopic (exact) mass is 264 g/mol. The summed E-state index contributed by atoms with van der Waals surface area (Å²) in [6.07, 6.45) is 3.99. The van der Waals surface area contributed by atoms with Gasteiger partial charge in [0.05, 0.1) is 11.9 Å². The summed E-state index contributed by atoms with van der Waals surface area (Å²) in [6, 6.07) is 3.70. The highest BCUT2D eigenvalue weighted by Crippen LogP contribution is 2.13. The molecule has 1 heterocycles. The minimum Gasteiger partial charge on any atom is -0.360 e. The number of rotatable bonds is 6. The molecule has 0 aliphatic heterocycles. The molecule has 5 heteroatoms. The zero-order valence-electron chi connectivity index (χ0n) is 12.2. The average Bonchev–Trinajstić information content (AvgIpc) is 2.35. The summed E-state index contributed by atoms with van der Waals surface area (Å²) in [6.45, 7) is 7.00. The Morgan fingerprint density at radius 3 is 2.68 bits per heavy atom. The lowest BCUT2D eigenvalue weighted by Crippen LogP contribution is -2.34. The second-order valence-corrected chi connectivity index (χ2v) is 4.93. The quantitative estimate of drug-likeness (QED) is 0.830. The summed E-state index contributed by atoms with van der Waals surface area (Å²) >= 11 is 0. The molecule has 0 radical (unpaired) electrons. The van der Waals surface area contributed by atoms with Gasteiger partial charge in [-0.25, -0.2) is 9.78 Å². The largest absolute Gasteiger partial charge is 0.360 e. The van der Waals surface area contributed by atoms with Crippen LogP contribution in [0.4, 0.5) is 16.3 Å². The number of anilines is 2. The van der Waals surface area contributed by atoms with Gasteiger partial charge in [0.25, 0.3) is 0 Å². The van der Waals surface area contributed by atoms with Crippen molar-refractivity contribution >= 4 is 17.5 Å². The number of unbranched alkanes of at least 4 members (excludes halogenated alkanes) is 1. The number of hydrogen-bond acceptors (Lipinski definition) is 3. The molecule has 2 amide bonds. The van der Waals surface area contributed by atoms with Crippen molar-refractivity contribution in [3.8, 4) is 0 Å². The van der Waals surface area contributed by atoms with Gasteiger partial charge in [-0.2, -0.15) is 0 Å². The Kier molecular flexibility index (Phi) is 6.12. The van der Waals surface area contributed by atoms with E-state index in [-0.39, 0.29) is 12.1 Å². The van der Waals surface area contributed by atoms with Gasteiger partial charge in [0.1, 0.15) is 5.82 Å². The maximum atomic E-state index is 11.5. The molecule has 5 nitrogen and oxygen atoms in total. The van der Waals surface area contributed by atoms with E-state index in [9.17, 15) is 4.79 Å². The third-order valence-corrected chi connectivity index (χ3v) is 2.66. The highest BCUT2D eigenvalue weighted by Gasteiger charge is 2.05. The molecule has 106 valence electrons. The summed E-state index contributed by atoms with van der Waals surface area (Å²) in [5.74, 6) is 0.920. The second kappa shape index (κ2) is 7.61. The molecule has 0 saturated heterocycles. The lowest BCUT2D eigenvalue weighted by molar-refractivity contribution is 0.250. The van der Waals surface area contributed by atoms with E-state index in [1.165, 1.54) is 6.42 Å². The highest BCUT2D eigenvalue weighted by atomic mass is 16.2. The number of hydrogen-bond donors (Lipinski definition) is 2. The average molecular weight is 264 g/mol. The standard InChI is InChI=1S/C14H24N4O/c1-5-6-9-18(4)13-8-7-12(10-15-13)17-14(19)16-11(2)3/h7-8,10-11H,5-6,9H2,1-4H3,(H2,16,17,19). The highest BCUT2D eigenvalue weighted by molar-refractivity contribution is 5.89. The van der Waals surface area contributed by atoms with Crippen molar-refractivity contribution in [2.45, 2.75) is 39.7 Å². The van der Waals surface area contributed by atoms with Crippen LogP contribution < -0.4 is 15.5 Å². The van der Waals surface area contributed by atoms with Gasteiger partial charge in [-0.05, 0) is 32.4 Å². The predicted molar refractivity (Wildman–Crippen MR) is 79.7 cm³/mol. The molecule has 0 aromatic carbocycles. The summed E-state index contributed by atoms with van der Waals surface area (Å²) in [4.78, 5) is 18.0. The Morgan fingerprint density at radius 2 is 2.16 bits per heavy atom. The van der Waals surface area contributed by atoms with Crippen LogP contribution in [0, 0.1) is 0 Å². The molecule has 0 aliphatic rings. The van der Waals surface area contributed by atoms with Crippen LogP contribution >= 0.6 is 0 Å². The Bertz CT molecular complexity index is 389. The first-order chi connectivity index (χ1) is 9.02. The summed E-state index contributed by atoms with van der Waals surface area (Å²) in [5.41, 5.74) is 0.700. The molecular formula is C14H24N4O. The molecule has 0 fully saturated rings. The van der Waals surface area contributed by atoms with Crippen LogP contribution in [-0.2, 0) is 0 Å². The van der Waals surface area contributed by atoms with Crippen LogP contribution in [-0.4, -0.2) is 30.6 Å². The maximum Gasteiger partial charge on any atom is 0.319 e. The Morgan fingerprint density at radius 1 is 1.42 bits per heavy atom. The van der Waals surface area contributed by atoms with Crippen molar-refractivity contribution in [3.05, 3.63) is 18.3 Å². The molecule has 0 spiro atoms. The van der Waals surface area contributed by atoms with Gasteiger partial charge in [0, 0.05) is 19.6 Å². The Labute approximate surface area is 115 Å². The predicted octanol–water partition coefficient (Wildman–Crippen LogP) is 2.85. The molecule has 1 aromatic rings. The van der Waals surface area contributed by atoms with Gasteiger partial charge < -0.3 is 15.5 Å². The molecule has 0 bridgehead atoms. The lowest BCUT2D eigenvalue weighted by atomic mass is 10.3. The third kappa shape index (κ3) is 5.59. The van der Waals surface area contributed by atoms with Gasteiger partial charge in [0.2, 0.25) is 0 Å². The maximum absolute atomic E-state index is 11.5. The molecule has 1 aromatic heterocycles. The number of carbonyl (C=O) groups excluding carboxylic acids is 1. The lowest BCUT2D eigenvalue weighted by Gasteiger charge is -2.18. The van der Waals surface area contributed by atoms with Crippen LogP contribution in [0.2, 0.25) is 0 Å². The SMILES string of the molecule is CCCCN(C)c1ccc(NC(=O)NC(C)C)cn1. The number of nitrogens with one attached hydrogen (secondary N) is 2. The summed E-state index contributed by atoms with van der Waals surface area (Å²) < 4.78 is 0. The van der Waals surface area contributed by atoms with Gasteiger partial charge in [-0.15, -0.1) is 0 Å². The van der Waals surface area contributed by atoms with Crippen molar-refractivity contribution in [3.63, 3.8) is 0 Å². The van der Waals surface area contributed by atoms with E-state index in [1.807, 2.05) is 33.0 Å². The van der Waals surface area contributed by atoms with Crippen LogP contribution in [0.5, 0.6) is 0 Å². The van der Waals surface area contributed by atoms with Gasteiger partial charge >= 0.3 is 6.03 Å². The number of carbonyl (C=O) groups is 1. The molecular weight excluding hydrogens is 240 g/mol. The van der Waals surface area contributed by atoms with Crippen molar-refractivity contribution in [1.82, 2.24) is 10.3 Å². The van der Waals surface area contributed by atoms with Gasteiger partial charge in [-0.3, -0.25) is 0 Å². The molecule has 0 saturated carbocycles. The van der Waals surface area contributed by atoms with Crippen LogP contribution in [0.1, 0.15) is 33.6 Å². The molecule has 2 N–H and O–H groups in total. The molecule has 0 atom stereocenters. The van der Waals surface area contributed by atoms with E-state index < -0.39 is 0 Å². The zero-order valence-corrected chi connectivity index (χ0v) is 12.2. The fourth-order valence-corrected chi connectivity index (χ4v) is 1.63. The van der Waals surface area contributed by atoms with E-state index >= 15 is 0 Å². The summed E-state index contributed by atoms with van der Waals surface area (Å²) in [7, 11) is 2.02. The first-order valence-electron chi connectivity index (χ1n) is 6.77. The van der Waals surface area contributed by atoms with Gasteiger partial charge in [0.15, 0.2) is 0 Å². The number of amides is 2. The van der Waals surface area contributed by atoms with Crippen LogP contribution in [0.15, 0.2) is 18.3 Å². The van der Waals surface area contributed by atoms with Crippen molar-refractivity contribution in [2.24, 2.45) is 0 Å². The van der Waals surface area contributed by atoms with Crippen LogP contribution in [0.25, 0.3) is 0 Å². The first kappa shape index (κ1) is 15.3. The van der Waals surface area contributed by atoms with E-state index in [0.717, 1.165) is 18.8 Å². The number of pyridine rings is 1. The Balaban J connectivity index is 2.53. The first-order valence-corrected chi connectivity index (χ1v) is 6.77. The van der Waals surface area contributed by atoms with Crippen LogP contribution in [0.3, 0.4) is 0 Å². The van der Waals surface area contributed by atoms with E-state index in [0.29, 0.717) is 5.69 Å². The fraction of sp³-hybridized carbons (Fsp3) is 0.571. The smallest absolute Gasteiger partial charge is 0.319 e. The minimum absolute atomic E-state index is 0.118. The second-order valence-electron chi connectivity index (χ2n) is 4.93. The zero-order chi connectivity index (χ0) is 14.3. The molecule has 1 rings (SSSR count). The molecule has 0 unspecified atom stereocenters. The van der Waals surface area contributed by atoms with E-state index in [1.54, 1.807) is 6.20 Å².